The molecule has 4 heteroatoms. The molecule has 0 aromatic heterocycles. The van der Waals surface area contributed by atoms with Crippen LogP contribution >= 0.6 is 0 Å². The van der Waals surface area contributed by atoms with Crippen LogP contribution in [0.15, 0.2) is 54.6 Å². The molecule has 120 valence electrons. The number of aryl methyl sites for hydroxylation is 1. The van der Waals surface area contributed by atoms with Crippen molar-refractivity contribution >= 4 is 5.91 Å². The molecule has 1 unspecified atom stereocenters. The molecule has 1 fully saturated rings. The molecule has 2 aromatic carbocycles. The van der Waals surface area contributed by atoms with Gasteiger partial charge in [0.15, 0.2) is 6.61 Å². The van der Waals surface area contributed by atoms with Crippen molar-refractivity contribution < 1.29 is 14.3 Å². The number of morpholine rings is 1. The molecule has 0 bridgehead atoms. The van der Waals surface area contributed by atoms with Crippen LogP contribution in [0.3, 0.4) is 0 Å². The SMILES string of the molecule is Cc1ccc(C2CN(C(=O)COc3ccccc3)CCO2)cc1. The van der Waals surface area contributed by atoms with Crippen molar-refractivity contribution in [3.63, 3.8) is 0 Å². The molecule has 1 aliphatic rings. The van der Waals surface area contributed by atoms with E-state index in [9.17, 15) is 4.79 Å². The molecule has 2 aromatic rings. The van der Waals surface area contributed by atoms with Gasteiger partial charge in [0.2, 0.25) is 0 Å². The monoisotopic (exact) mass is 311 g/mol. The Morgan fingerprint density at radius 1 is 1.17 bits per heavy atom. The van der Waals surface area contributed by atoms with E-state index in [1.165, 1.54) is 5.56 Å². The smallest absolute Gasteiger partial charge is 0.260 e. The van der Waals surface area contributed by atoms with Crippen molar-refractivity contribution in [1.82, 2.24) is 4.90 Å². The molecule has 3 rings (SSSR count). The van der Waals surface area contributed by atoms with Gasteiger partial charge in [0.05, 0.1) is 13.2 Å². The average Bonchev–Trinajstić information content (AvgIpc) is 2.61. The summed E-state index contributed by atoms with van der Waals surface area (Å²) in [5.74, 6) is 0.707. The molecule has 23 heavy (non-hydrogen) atoms. The second kappa shape index (κ2) is 7.29. The molecule has 1 saturated heterocycles. The summed E-state index contributed by atoms with van der Waals surface area (Å²) in [6.07, 6.45) is -0.0648. The van der Waals surface area contributed by atoms with Gasteiger partial charge in [-0.05, 0) is 24.6 Å². The van der Waals surface area contributed by atoms with Crippen LogP contribution in [0.25, 0.3) is 0 Å². The first kappa shape index (κ1) is 15.6. The van der Waals surface area contributed by atoms with Crippen LogP contribution in [-0.4, -0.2) is 37.1 Å². The lowest BCUT2D eigenvalue weighted by molar-refractivity contribution is -0.141. The summed E-state index contributed by atoms with van der Waals surface area (Å²) >= 11 is 0. The third-order valence-corrected chi connectivity index (χ3v) is 3.97. The Morgan fingerprint density at radius 2 is 1.91 bits per heavy atom. The van der Waals surface area contributed by atoms with Crippen LogP contribution in [0.4, 0.5) is 0 Å². The summed E-state index contributed by atoms with van der Waals surface area (Å²) in [5, 5.41) is 0. The Hall–Kier alpha value is -2.33. The minimum absolute atomic E-state index is 0.00531. The van der Waals surface area contributed by atoms with Crippen molar-refractivity contribution in [2.75, 3.05) is 26.3 Å². The van der Waals surface area contributed by atoms with E-state index in [4.69, 9.17) is 9.47 Å². The van der Waals surface area contributed by atoms with E-state index in [1.807, 2.05) is 35.2 Å². The first-order valence-electron chi connectivity index (χ1n) is 7.86. The average molecular weight is 311 g/mol. The molecule has 0 aliphatic carbocycles. The van der Waals surface area contributed by atoms with E-state index in [0.29, 0.717) is 25.4 Å². The van der Waals surface area contributed by atoms with Crippen LogP contribution in [0.5, 0.6) is 5.75 Å². The second-order valence-electron chi connectivity index (χ2n) is 5.71. The maximum Gasteiger partial charge on any atom is 0.260 e. The third kappa shape index (κ3) is 4.11. The predicted octanol–water partition coefficient (Wildman–Crippen LogP) is 2.97. The zero-order chi connectivity index (χ0) is 16.1. The van der Waals surface area contributed by atoms with Gasteiger partial charge < -0.3 is 14.4 Å². The third-order valence-electron chi connectivity index (χ3n) is 3.97. The number of amides is 1. The number of nitrogens with zero attached hydrogens (tertiary/aromatic N) is 1. The highest BCUT2D eigenvalue weighted by Gasteiger charge is 2.25. The minimum atomic E-state index is -0.0648. The van der Waals surface area contributed by atoms with Crippen molar-refractivity contribution in [1.29, 1.82) is 0 Å². The number of ether oxygens (including phenoxy) is 2. The molecule has 0 radical (unpaired) electrons. The highest BCUT2D eigenvalue weighted by atomic mass is 16.5. The highest BCUT2D eigenvalue weighted by molar-refractivity contribution is 5.78. The number of carbonyl (C=O) groups excluding carboxylic acids is 1. The van der Waals surface area contributed by atoms with E-state index < -0.39 is 0 Å². The number of rotatable bonds is 4. The summed E-state index contributed by atoms with van der Waals surface area (Å²) < 4.78 is 11.4. The van der Waals surface area contributed by atoms with Crippen molar-refractivity contribution in [3.05, 3.63) is 65.7 Å². The number of hydrogen-bond donors (Lipinski definition) is 0. The zero-order valence-corrected chi connectivity index (χ0v) is 13.3. The van der Waals surface area contributed by atoms with Gasteiger partial charge in [-0.2, -0.15) is 0 Å². The quantitative estimate of drug-likeness (QED) is 0.871. The van der Waals surface area contributed by atoms with Gasteiger partial charge in [-0.15, -0.1) is 0 Å². The summed E-state index contributed by atoms with van der Waals surface area (Å²) in [4.78, 5) is 14.2. The normalized spacial score (nSPS) is 17.8. The molecule has 0 N–H and O–H groups in total. The first-order valence-corrected chi connectivity index (χ1v) is 7.86. The first-order chi connectivity index (χ1) is 11.2. The number of benzene rings is 2. The van der Waals surface area contributed by atoms with Crippen molar-refractivity contribution in [2.24, 2.45) is 0 Å². The van der Waals surface area contributed by atoms with Crippen molar-refractivity contribution in [2.45, 2.75) is 13.0 Å². The lowest BCUT2D eigenvalue weighted by atomic mass is 10.1. The number of carbonyl (C=O) groups is 1. The second-order valence-corrected chi connectivity index (χ2v) is 5.71. The molecule has 0 saturated carbocycles. The Bertz CT molecular complexity index is 639. The fraction of sp³-hybridized carbons (Fsp3) is 0.316. The zero-order valence-electron chi connectivity index (χ0n) is 13.3. The molecule has 1 amide bonds. The molecule has 1 aliphatic heterocycles. The van der Waals surface area contributed by atoms with Crippen LogP contribution < -0.4 is 4.74 Å². The van der Waals surface area contributed by atoms with Gasteiger partial charge in [-0.3, -0.25) is 4.79 Å². The number of hydrogen-bond acceptors (Lipinski definition) is 3. The summed E-state index contributed by atoms with van der Waals surface area (Å²) in [6, 6.07) is 17.7. The summed E-state index contributed by atoms with van der Waals surface area (Å²) in [6.45, 7) is 3.85. The molecular weight excluding hydrogens is 290 g/mol. The van der Waals surface area contributed by atoms with Gasteiger partial charge in [0.1, 0.15) is 11.9 Å². The van der Waals surface area contributed by atoms with Crippen LogP contribution in [-0.2, 0) is 9.53 Å². The fourth-order valence-corrected chi connectivity index (χ4v) is 2.61. The van der Waals surface area contributed by atoms with Crippen LogP contribution in [0, 0.1) is 6.92 Å². The highest BCUT2D eigenvalue weighted by Crippen LogP contribution is 2.22. The Kier molecular flexibility index (Phi) is 4.93. The van der Waals surface area contributed by atoms with Gasteiger partial charge in [-0.25, -0.2) is 0 Å². The topological polar surface area (TPSA) is 38.8 Å². The lowest BCUT2D eigenvalue weighted by Gasteiger charge is -2.33. The molecule has 1 atom stereocenters. The lowest BCUT2D eigenvalue weighted by Crippen LogP contribution is -2.44. The molecular formula is C19H21NO3. The Morgan fingerprint density at radius 3 is 2.65 bits per heavy atom. The fourth-order valence-electron chi connectivity index (χ4n) is 2.61. The van der Waals surface area contributed by atoms with E-state index in [-0.39, 0.29) is 18.6 Å². The Balaban J connectivity index is 1.57. The molecule has 1 heterocycles. The van der Waals surface area contributed by atoms with Gasteiger partial charge in [0.25, 0.3) is 5.91 Å². The van der Waals surface area contributed by atoms with Crippen LogP contribution in [0.2, 0.25) is 0 Å². The van der Waals surface area contributed by atoms with Gasteiger partial charge in [0, 0.05) is 6.54 Å². The summed E-state index contributed by atoms with van der Waals surface area (Å²) in [5.41, 5.74) is 2.32. The maximum atomic E-state index is 12.3. The molecule has 4 nitrogen and oxygen atoms in total. The van der Waals surface area contributed by atoms with Crippen molar-refractivity contribution in [3.8, 4) is 5.75 Å². The summed E-state index contributed by atoms with van der Waals surface area (Å²) in [7, 11) is 0. The van der Waals surface area contributed by atoms with E-state index in [0.717, 1.165) is 5.56 Å². The van der Waals surface area contributed by atoms with E-state index in [1.54, 1.807) is 0 Å². The van der Waals surface area contributed by atoms with Gasteiger partial charge >= 0.3 is 0 Å². The van der Waals surface area contributed by atoms with Gasteiger partial charge in [-0.1, -0.05) is 48.0 Å². The molecule has 0 spiro atoms. The van der Waals surface area contributed by atoms with E-state index in [2.05, 4.69) is 31.2 Å². The largest absolute Gasteiger partial charge is 0.484 e. The van der Waals surface area contributed by atoms with Crippen LogP contribution in [0.1, 0.15) is 17.2 Å². The predicted molar refractivity (Wildman–Crippen MR) is 88.4 cm³/mol. The standard InChI is InChI=1S/C19H21NO3/c1-15-7-9-16(10-8-15)18-13-20(11-12-22-18)19(21)14-23-17-5-3-2-4-6-17/h2-10,18H,11-14H2,1H3. The maximum absolute atomic E-state index is 12.3. The number of para-hydroxylation sites is 1. The Labute approximate surface area is 136 Å². The minimum Gasteiger partial charge on any atom is -0.484 e. The van der Waals surface area contributed by atoms with E-state index >= 15 is 0 Å².